The maximum Gasteiger partial charge on any atom is 0.259 e. The van der Waals surface area contributed by atoms with Crippen LogP contribution >= 0.6 is 0 Å². The lowest BCUT2D eigenvalue weighted by Crippen LogP contribution is -2.31. The number of aromatic nitrogens is 3. The Bertz CT molecular complexity index is 925. The van der Waals surface area contributed by atoms with Crippen LogP contribution in [0, 0.1) is 6.92 Å². The molecule has 1 amide bonds. The standard InChI is InChI=1S/C20H19N5O/c1-14-3-4-15-7-10-25(13-17(15)11-14)18-6-5-16(12-23-18)19(26)24-20-21-8-2-9-22-20/h2-6,8-9,11-12H,7,10,13H2,1H3,(H,21,22,24,26). The van der Waals surface area contributed by atoms with Gasteiger partial charge in [0.15, 0.2) is 0 Å². The summed E-state index contributed by atoms with van der Waals surface area (Å²) in [6, 6.07) is 12.0. The van der Waals surface area contributed by atoms with Crippen LogP contribution < -0.4 is 10.2 Å². The van der Waals surface area contributed by atoms with Crippen molar-refractivity contribution in [2.75, 3.05) is 16.8 Å². The molecular formula is C20H19N5O. The van der Waals surface area contributed by atoms with Gasteiger partial charge in [-0.3, -0.25) is 10.1 Å². The molecule has 0 radical (unpaired) electrons. The van der Waals surface area contributed by atoms with Crippen molar-refractivity contribution >= 4 is 17.7 Å². The summed E-state index contributed by atoms with van der Waals surface area (Å²) in [7, 11) is 0. The minimum absolute atomic E-state index is 0.269. The largest absolute Gasteiger partial charge is 0.352 e. The minimum atomic E-state index is -0.269. The third-order valence-electron chi connectivity index (χ3n) is 4.50. The first-order valence-corrected chi connectivity index (χ1v) is 8.57. The van der Waals surface area contributed by atoms with Gasteiger partial charge in [-0.15, -0.1) is 0 Å². The van der Waals surface area contributed by atoms with E-state index in [0.29, 0.717) is 5.56 Å². The van der Waals surface area contributed by atoms with Gasteiger partial charge < -0.3 is 4.90 Å². The topological polar surface area (TPSA) is 71.0 Å². The summed E-state index contributed by atoms with van der Waals surface area (Å²) in [5.41, 5.74) is 4.51. The molecule has 0 unspecified atom stereocenters. The van der Waals surface area contributed by atoms with Crippen LogP contribution in [0.4, 0.5) is 11.8 Å². The van der Waals surface area contributed by atoms with Gasteiger partial charge in [0.1, 0.15) is 5.82 Å². The third kappa shape index (κ3) is 3.39. The smallest absolute Gasteiger partial charge is 0.259 e. The molecule has 0 saturated heterocycles. The fraction of sp³-hybridized carbons (Fsp3) is 0.200. The molecule has 0 atom stereocenters. The number of aryl methyl sites for hydroxylation is 1. The predicted molar refractivity (Wildman–Crippen MR) is 100 cm³/mol. The Kier molecular flexibility index (Phi) is 4.31. The quantitative estimate of drug-likeness (QED) is 0.790. The number of hydrogen-bond acceptors (Lipinski definition) is 5. The van der Waals surface area contributed by atoms with Crippen LogP contribution in [0.2, 0.25) is 0 Å². The maximum absolute atomic E-state index is 12.3. The zero-order valence-corrected chi connectivity index (χ0v) is 14.5. The minimum Gasteiger partial charge on any atom is -0.352 e. The van der Waals surface area contributed by atoms with Crippen molar-refractivity contribution in [3.8, 4) is 0 Å². The Hall–Kier alpha value is -3.28. The van der Waals surface area contributed by atoms with Crippen LogP contribution in [0.3, 0.4) is 0 Å². The lowest BCUT2D eigenvalue weighted by atomic mass is 9.98. The molecule has 3 aromatic rings. The van der Waals surface area contributed by atoms with E-state index in [9.17, 15) is 4.79 Å². The van der Waals surface area contributed by atoms with E-state index in [1.54, 1.807) is 30.7 Å². The Balaban J connectivity index is 1.47. The number of anilines is 2. The number of carbonyl (C=O) groups excluding carboxylic acids is 1. The van der Waals surface area contributed by atoms with Crippen molar-refractivity contribution in [3.05, 3.63) is 77.2 Å². The Labute approximate surface area is 151 Å². The van der Waals surface area contributed by atoms with Crippen LogP contribution in [0.15, 0.2) is 55.0 Å². The second kappa shape index (κ2) is 6.92. The summed E-state index contributed by atoms with van der Waals surface area (Å²) < 4.78 is 0. The van der Waals surface area contributed by atoms with Crippen molar-refractivity contribution in [2.45, 2.75) is 19.9 Å². The summed E-state index contributed by atoms with van der Waals surface area (Å²) in [5, 5.41) is 2.66. The Morgan fingerprint density at radius 1 is 1.08 bits per heavy atom. The zero-order chi connectivity index (χ0) is 17.9. The SMILES string of the molecule is Cc1ccc2c(c1)CN(c1ccc(C(=O)Nc3ncccn3)cn1)CC2. The zero-order valence-electron chi connectivity index (χ0n) is 14.5. The van der Waals surface area contributed by atoms with Gasteiger partial charge in [0.25, 0.3) is 5.91 Å². The molecule has 6 nitrogen and oxygen atoms in total. The van der Waals surface area contributed by atoms with E-state index in [1.165, 1.54) is 16.7 Å². The number of carbonyl (C=O) groups is 1. The molecule has 0 aliphatic carbocycles. The van der Waals surface area contributed by atoms with Gasteiger partial charge in [-0.2, -0.15) is 0 Å². The molecule has 0 saturated carbocycles. The first kappa shape index (κ1) is 16.2. The van der Waals surface area contributed by atoms with Crippen molar-refractivity contribution in [2.24, 2.45) is 0 Å². The fourth-order valence-corrected chi connectivity index (χ4v) is 3.13. The molecule has 0 spiro atoms. The molecule has 0 bridgehead atoms. The Morgan fingerprint density at radius 3 is 2.69 bits per heavy atom. The highest BCUT2D eigenvalue weighted by Gasteiger charge is 2.18. The van der Waals surface area contributed by atoms with Gasteiger partial charge >= 0.3 is 0 Å². The predicted octanol–water partition coefficient (Wildman–Crippen LogP) is 3.00. The van der Waals surface area contributed by atoms with E-state index in [2.05, 4.69) is 50.3 Å². The fourth-order valence-electron chi connectivity index (χ4n) is 3.13. The molecule has 3 heterocycles. The molecule has 1 aromatic carbocycles. The summed E-state index contributed by atoms with van der Waals surface area (Å²) in [4.78, 5) is 27.0. The van der Waals surface area contributed by atoms with E-state index < -0.39 is 0 Å². The lowest BCUT2D eigenvalue weighted by Gasteiger charge is -2.30. The molecule has 6 heteroatoms. The molecule has 26 heavy (non-hydrogen) atoms. The third-order valence-corrected chi connectivity index (χ3v) is 4.50. The summed E-state index contributed by atoms with van der Waals surface area (Å²) in [6.07, 6.45) is 5.77. The van der Waals surface area contributed by atoms with Gasteiger partial charge in [-0.05, 0) is 42.7 Å². The number of rotatable bonds is 3. The van der Waals surface area contributed by atoms with E-state index >= 15 is 0 Å². The summed E-state index contributed by atoms with van der Waals surface area (Å²) in [5.74, 6) is 0.893. The monoisotopic (exact) mass is 345 g/mol. The molecule has 1 aliphatic rings. The van der Waals surface area contributed by atoms with Crippen LogP contribution in [0.1, 0.15) is 27.0 Å². The van der Waals surface area contributed by atoms with Crippen molar-refractivity contribution < 1.29 is 4.79 Å². The van der Waals surface area contributed by atoms with Gasteiger partial charge in [0.05, 0.1) is 5.56 Å². The van der Waals surface area contributed by atoms with Gasteiger partial charge in [0.2, 0.25) is 5.95 Å². The normalized spacial score (nSPS) is 13.2. The highest BCUT2D eigenvalue weighted by atomic mass is 16.1. The van der Waals surface area contributed by atoms with Gasteiger partial charge in [0, 0.05) is 31.7 Å². The number of nitrogens with zero attached hydrogens (tertiary/aromatic N) is 4. The summed E-state index contributed by atoms with van der Waals surface area (Å²) >= 11 is 0. The van der Waals surface area contributed by atoms with Gasteiger partial charge in [-0.25, -0.2) is 15.0 Å². The Morgan fingerprint density at radius 2 is 1.92 bits per heavy atom. The van der Waals surface area contributed by atoms with Crippen molar-refractivity contribution in [1.29, 1.82) is 0 Å². The number of nitrogens with one attached hydrogen (secondary N) is 1. The van der Waals surface area contributed by atoms with Crippen molar-refractivity contribution in [3.63, 3.8) is 0 Å². The van der Waals surface area contributed by atoms with Crippen LogP contribution in [0.5, 0.6) is 0 Å². The van der Waals surface area contributed by atoms with E-state index in [-0.39, 0.29) is 11.9 Å². The molecular weight excluding hydrogens is 326 g/mol. The number of fused-ring (bicyclic) bond motifs is 1. The maximum atomic E-state index is 12.3. The van der Waals surface area contributed by atoms with E-state index in [4.69, 9.17) is 0 Å². The second-order valence-electron chi connectivity index (χ2n) is 6.38. The number of pyridine rings is 1. The lowest BCUT2D eigenvalue weighted by molar-refractivity contribution is 0.102. The number of hydrogen-bond donors (Lipinski definition) is 1. The number of amides is 1. The molecule has 2 aromatic heterocycles. The van der Waals surface area contributed by atoms with Crippen LogP contribution in [0.25, 0.3) is 0 Å². The number of benzene rings is 1. The molecule has 0 fully saturated rings. The van der Waals surface area contributed by atoms with Crippen LogP contribution in [-0.4, -0.2) is 27.4 Å². The average Bonchev–Trinajstić information content (AvgIpc) is 2.68. The molecule has 130 valence electrons. The van der Waals surface area contributed by atoms with Crippen molar-refractivity contribution in [1.82, 2.24) is 15.0 Å². The van der Waals surface area contributed by atoms with E-state index in [0.717, 1.165) is 25.3 Å². The van der Waals surface area contributed by atoms with E-state index in [1.807, 2.05) is 6.07 Å². The van der Waals surface area contributed by atoms with Gasteiger partial charge in [-0.1, -0.05) is 23.8 Å². The summed E-state index contributed by atoms with van der Waals surface area (Å²) in [6.45, 7) is 3.88. The molecule has 1 aliphatic heterocycles. The first-order chi connectivity index (χ1) is 12.7. The molecule has 4 rings (SSSR count). The second-order valence-corrected chi connectivity index (χ2v) is 6.38. The highest BCUT2D eigenvalue weighted by Crippen LogP contribution is 2.24. The highest BCUT2D eigenvalue weighted by molar-refractivity contribution is 6.03. The average molecular weight is 345 g/mol. The molecule has 1 N–H and O–H groups in total. The van der Waals surface area contributed by atoms with Crippen LogP contribution in [-0.2, 0) is 13.0 Å². The first-order valence-electron chi connectivity index (χ1n) is 8.57.